The Balaban J connectivity index is 1.55. The van der Waals surface area contributed by atoms with E-state index < -0.39 is 10.0 Å². The molecule has 0 bridgehead atoms. The maximum Gasteiger partial charge on any atom is 0.255 e. The van der Waals surface area contributed by atoms with Gasteiger partial charge in [-0.15, -0.1) is 0 Å². The minimum absolute atomic E-state index is 0.154. The molecule has 2 heterocycles. The molecule has 1 amide bonds. The number of anilines is 2. The van der Waals surface area contributed by atoms with Gasteiger partial charge >= 0.3 is 0 Å². The van der Waals surface area contributed by atoms with Crippen molar-refractivity contribution < 1.29 is 17.7 Å². The summed E-state index contributed by atoms with van der Waals surface area (Å²) in [6.45, 7) is 2.16. The molecule has 1 aliphatic rings. The van der Waals surface area contributed by atoms with Crippen LogP contribution >= 0.6 is 0 Å². The summed E-state index contributed by atoms with van der Waals surface area (Å²) in [5.74, 6) is 0.664. The standard InChI is InChI=1S/C19H18N4O4S/c1-13-20-18(22-27-13)16-5-2-3-6-17(16)21-19(24)14-7-9-15(10-8-14)23-11-4-12-28(23,25)26/h2-3,5-10H,4,11-12H2,1H3,(H,21,24). The average Bonchev–Trinajstić information content (AvgIpc) is 3.27. The van der Waals surface area contributed by atoms with Crippen LogP contribution in [0.5, 0.6) is 0 Å². The first kappa shape index (κ1) is 18.2. The SMILES string of the molecule is Cc1nc(-c2ccccc2NC(=O)c2ccc(N3CCCS3(=O)=O)cc2)no1. The maximum atomic E-state index is 12.7. The number of sulfonamides is 1. The van der Waals surface area contributed by atoms with E-state index in [1.165, 1.54) is 4.31 Å². The first-order valence-electron chi connectivity index (χ1n) is 8.75. The Morgan fingerprint density at radius 3 is 2.54 bits per heavy atom. The predicted molar refractivity (Wildman–Crippen MR) is 105 cm³/mol. The lowest BCUT2D eigenvalue weighted by Gasteiger charge is -2.17. The number of benzene rings is 2. The molecule has 9 heteroatoms. The number of amides is 1. The van der Waals surface area contributed by atoms with Crippen LogP contribution in [0.25, 0.3) is 11.4 Å². The van der Waals surface area contributed by atoms with Gasteiger partial charge in [0.25, 0.3) is 5.91 Å². The highest BCUT2D eigenvalue weighted by molar-refractivity contribution is 7.93. The van der Waals surface area contributed by atoms with Crippen molar-refractivity contribution in [1.82, 2.24) is 10.1 Å². The Kier molecular flexibility index (Phi) is 4.60. The van der Waals surface area contributed by atoms with Crippen LogP contribution in [-0.4, -0.2) is 36.8 Å². The molecule has 0 aliphatic carbocycles. The van der Waals surface area contributed by atoms with Gasteiger partial charge in [0.1, 0.15) is 0 Å². The molecular weight excluding hydrogens is 380 g/mol. The summed E-state index contributed by atoms with van der Waals surface area (Å²) < 4.78 is 30.4. The second-order valence-corrected chi connectivity index (χ2v) is 8.44. The molecule has 144 valence electrons. The number of hydrogen-bond donors (Lipinski definition) is 1. The van der Waals surface area contributed by atoms with Gasteiger partial charge in [-0.2, -0.15) is 4.98 Å². The van der Waals surface area contributed by atoms with Crippen molar-refractivity contribution in [1.29, 1.82) is 0 Å². The topological polar surface area (TPSA) is 105 Å². The zero-order chi connectivity index (χ0) is 19.7. The van der Waals surface area contributed by atoms with E-state index in [2.05, 4.69) is 15.5 Å². The molecule has 1 fully saturated rings. The number of para-hydroxylation sites is 1. The molecule has 2 aromatic carbocycles. The smallest absolute Gasteiger partial charge is 0.255 e. The number of rotatable bonds is 4. The maximum absolute atomic E-state index is 12.7. The van der Waals surface area contributed by atoms with Crippen LogP contribution in [0.4, 0.5) is 11.4 Å². The van der Waals surface area contributed by atoms with Crippen LogP contribution in [0.2, 0.25) is 0 Å². The molecule has 1 aliphatic heterocycles. The Morgan fingerprint density at radius 1 is 1.14 bits per heavy atom. The Morgan fingerprint density at radius 2 is 1.89 bits per heavy atom. The van der Waals surface area contributed by atoms with Gasteiger partial charge in [0.15, 0.2) is 0 Å². The van der Waals surface area contributed by atoms with Gasteiger partial charge in [0.05, 0.1) is 17.1 Å². The molecule has 0 spiro atoms. The first-order chi connectivity index (χ1) is 13.4. The summed E-state index contributed by atoms with van der Waals surface area (Å²) >= 11 is 0. The fourth-order valence-corrected chi connectivity index (χ4v) is 4.66. The summed E-state index contributed by atoms with van der Waals surface area (Å²) in [6.07, 6.45) is 0.608. The van der Waals surface area contributed by atoms with Crippen LogP contribution < -0.4 is 9.62 Å². The summed E-state index contributed by atoms with van der Waals surface area (Å²) in [6, 6.07) is 13.7. The third-order valence-corrected chi connectivity index (χ3v) is 6.33. The molecule has 0 unspecified atom stereocenters. The third kappa shape index (κ3) is 3.48. The van der Waals surface area contributed by atoms with E-state index in [0.29, 0.717) is 47.2 Å². The lowest BCUT2D eigenvalue weighted by atomic mass is 10.1. The second kappa shape index (κ2) is 7.08. The zero-order valence-electron chi connectivity index (χ0n) is 15.1. The predicted octanol–water partition coefficient (Wildman–Crippen LogP) is 2.84. The van der Waals surface area contributed by atoms with E-state index in [1.807, 2.05) is 6.07 Å². The molecule has 0 atom stereocenters. The molecule has 4 rings (SSSR count). The van der Waals surface area contributed by atoms with Crippen molar-refractivity contribution in [2.75, 3.05) is 21.9 Å². The molecule has 28 heavy (non-hydrogen) atoms. The van der Waals surface area contributed by atoms with Crippen molar-refractivity contribution in [2.45, 2.75) is 13.3 Å². The lowest BCUT2D eigenvalue weighted by molar-refractivity contribution is 0.102. The lowest BCUT2D eigenvalue weighted by Crippen LogP contribution is -2.25. The quantitative estimate of drug-likeness (QED) is 0.724. The van der Waals surface area contributed by atoms with Crippen LogP contribution in [0.15, 0.2) is 53.1 Å². The molecule has 1 N–H and O–H groups in total. The highest BCUT2D eigenvalue weighted by Gasteiger charge is 2.28. The Labute approximate surface area is 162 Å². The molecule has 3 aromatic rings. The number of nitrogens with one attached hydrogen (secondary N) is 1. The summed E-state index contributed by atoms with van der Waals surface area (Å²) in [5, 5.41) is 6.74. The number of carbonyl (C=O) groups excluding carboxylic acids is 1. The van der Waals surface area contributed by atoms with Crippen molar-refractivity contribution in [3.63, 3.8) is 0 Å². The van der Waals surface area contributed by atoms with Crippen LogP contribution in [0.1, 0.15) is 22.7 Å². The summed E-state index contributed by atoms with van der Waals surface area (Å²) in [7, 11) is -3.25. The molecule has 0 saturated carbocycles. The molecule has 1 saturated heterocycles. The minimum Gasteiger partial charge on any atom is -0.339 e. The number of aromatic nitrogens is 2. The number of carbonyl (C=O) groups is 1. The largest absolute Gasteiger partial charge is 0.339 e. The van der Waals surface area contributed by atoms with Gasteiger partial charge in [-0.05, 0) is 42.8 Å². The van der Waals surface area contributed by atoms with Gasteiger partial charge in [0.2, 0.25) is 21.7 Å². The van der Waals surface area contributed by atoms with Crippen molar-refractivity contribution >= 4 is 27.3 Å². The van der Waals surface area contributed by atoms with Crippen LogP contribution in [0.3, 0.4) is 0 Å². The molecule has 8 nitrogen and oxygen atoms in total. The Bertz CT molecular complexity index is 1120. The van der Waals surface area contributed by atoms with Gasteiger partial charge in [-0.25, -0.2) is 8.42 Å². The number of nitrogens with zero attached hydrogens (tertiary/aromatic N) is 3. The van der Waals surface area contributed by atoms with E-state index in [1.54, 1.807) is 49.4 Å². The van der Waals surface area contributed by atoms with Crippen molar-refractivity contribution in [2.24, 2.45) is 0 Å². The Hall–Kier alpha value is -3.20. The highest BCUT2D eigenvalue weighted by atomic mass is 32.2. The van der Waals surface area contributed by atoms with E-state index in [9.17, 15) is 13.2 Å². The monoisotopic (exact) mass is 398 g/mol. The fourth-order valence-electron chi connectivity index (χ4n) is 3.10. The van der Waals surface area contributed by atoms with Gasteiger partial charge in [0, 0.05) is 24.6 Å². The summed E-state index contributed by atoms with van der Waals surface area (Å²) in [4.78, 5) is 16.9. The second-order valence-electron chi connectivity index (χ2n) is 6.43. The summed E-state index contributed by atoms with van der Waals surface area (Å²) in [5.41, 5.74) is 2.18. The van der Waals surface area contributed by atoms with Crippen molar-refractivity contribution in [3.05, 3.63) is 60.0 Å². The highest BCUT2D eigenvalue weighted by Crippen LogP contribution is 2.27. The van der Waals surface area contributed by atoms with Gasteiger partial charge in [-0.1, -0.05) is 17.3 Å². The molecule has 0 radical (unpaired) electrons. The van der Waals surface area contributed by atoms with Crippen molar-refractivity contribution in [3.8, 4) is 11.4 Å². The fraction of sp³-hybridized carbons (Fsp3) is 0.211. The normalized spacial score (nSPS) is 15.5. The average molecular weight is 398 g/mol. The first-order valence-corrected chi connectivity index (χ1v) is 10.4. The van der Waals surface area contributed by atoms with Gasteiger partial charge in [-0.3, -0.25) is 9.10 Å². The van der Waals surface area contributed by atoms with Crippen LogP contribution in [0, 0.1) is 6.92 Å². The third-order valence-electron chi connectivity index (χ3n) is 4.46. The van der Waals surface area contributed by atoms with Crippen LogP contribution in [-0.2, 0) is 10.0 Å². The van der Waals surface area contributed by atoms with Gasteiger partial charge < -0.3 is 9.84 Å². The molecule has 1 aromatic heterocycles. The van der Waals surface area contributed by atoms with E-state index >= 15 is 0 Å². The van der Waals surface area contributed by atoms with E-state index in [-0.39, 0.29) is 11.7 Å². The van der Waals surface area contributed by atoms with E-state index in [0.717, 1.165) is 0 Å². The zero-order valence-corrected chi connectivity index (χ0v) is 15.9. The molecular formula is C19H18N4O4S. The number of aryl methyl sites for hydroxylation is 1. The van der Waals surface area contributed by atoms with E-state index in [4.69, 9.17) is 4.52 Å². The minimum atomic E-state index is -3.25. The number of hydrogen-bond acceptors (Lipinski definition) is 6.